The van der Waals surface area contributed by atoms with Gasteiger partial charge >= 0.3 is 0 Å². The van der Waals surface area contributed by atoms with Gasteiger partial charge in [0.15, 0.2) is 5.82 Å². The Bertz CT molecular complexity index is 3530. The molecule has 0 amide bonds. The fraction of sp³-hybridized carbons (Fsp3) is 0.0794. The standard InChI is InChI=1S/C63H47N3/c1-5-19-45(38-41(2)44-34-37-48-47-22-9-12-25-51(47)63(56(48)39-44)54-28-15-13-26-52(54)62(3,4)53-27-14-16-29-55(53)63)58-40-57(42-20-7-6-8-21-42)64-61(65-58)43-32-35-46(36-33-43)66-59-30-17-10-23-49(59)50-24-11-18-31-60(50)66/h5-40H,1H2,2-4H3/b41-38+,45-19+. The molecular formula is C63H47N3. The molecule has 0 N–H and O–H groups in total. The predicted molar refractivity (Wildman–Crippen MR) is 275 cm³/mol. The molecule has 0 fully saturated rings. The van der Waals surface area contributed by atoms with Crippen LogP contribution in [0.1, 0.15) is 65.4 Å². The van der Waals surface area contributed by atoms with E-state index in [1.807, 2.05) is 12.1 Å². The Morgan fingerprint density at radius 2 is 1.08 bits per heavy atom. The maximum atomic E-state index is 5.33. The highest BCUT2D eigenvalue weighted by molar-refractivity contribution is 6.09. The van der Waals surface area contributed by atoms with Gasteiger partial charge in [0.1, 0.15) is 0 Å². The second kappa shape index (κ2) is 15.3. The Morgan fingerprint density at radius 3 is 1.73 bits per heavy atom. The molecule has 3 heteroatoms. The number of hydrogen-bond donors (Lipinski definition) is 0. The Kier molecular flexibility index (Phi) is 9.12. The van der Waals surface area contributed by atoms with E-state index in [1.165, 1.54) is 66.3 Å². The molecule has 2 aromatic heterocycles. The Morgan fingerprint density at radius 1 is 0.515 bits per heavy atom. The van der Waals surface area contributed by atoms with E-state index in [0.29, 0.717) is 5.82 Å². The third-order valence-corrected chi connectivity index (χ3v) is 14.2. The molecule has 8 aromatic carbocycles. The minimum atomic E-state index is -0.464. The SMILES string of the molecule is C=C/C=C(\C=C(/C)c1ccc2c(c1)C1(c3ccccc3-2)c2ccccc2C(C)(C)c2ccccc21)c1cc(-c2ccccc2)nc(-c2ccc(-n3c4ccccc4c4ccccc43)cc2)n1. The maximum absolute atomic E-state index is 5.33. The topological polar surface area (TPSA) is 30.7 Å². The van der Waals surface area contributed by atoms with Gasteiger partial charge in [-0.25, -0.2) is 9.97 Å². The molecule has 0 unspecified atom stereocenters. The van der Waals surface area contributed by atoms with Crippen LogP contribution >= 0.6 is 0 Å². The lowest BCUT2D eigenvalue weighted by Gasteiger charge is -2.46. The smallest absolute Gasteiger partial charge is 0.160 e. The zero-order valence-electron chi connectivity index (χ0n) is 37.3. The second-order valence-electron chi connectivity index (χ2n) is 18.2. The van der Waals surface area contributed by atoms with Gasteiger partial charge in [0.05, 0.1) is 27.8 Å². The molecule has 12 rings (SSSR count). The first-order valence-electron chi connectivity index (χ1n) is 22.9. The van der Waals surface area contributed by atoms with Crippen molar-refractivity contribution in [2.24, 2.45) is 0 Å². The third kappa shape index (κ3) is 5.90. The molecule has 0 aliphatic heterocycles. The molecule has 2 aliphatic rings. The van der Waals surface area contributed by atoms with Crippen LogP contribution in [0, 0.1) is 0 Å². The Hall–Kier alpha value is -8.14. The van der Waals surface area contributed by atoms with E-state index in [0.717, 1.165) is 44.9 Å². The molecule has 0 saturated heterocycles. The van der Waals surface area contributed by atoms with Gasteiger partial charge in [0.2, 0.25) is 0 Å². The number of para-hydroxylation sites is 2. The minimum absolute atomic E-state index is 0.155. The van der Waals surface area contributed by atoms with E-state index in [2.05, 4.69) is 238 Å². The van der Waals surface area contributed by atoms with E-state index < -0.39 is 5.41 Å². The van der Waals surface area contributed by atoms with Crippen molar-refractivity contribution in [2.45, 2.75) is 31.6 Å². The van der Waals surface area contributed by atoms with Gasteiger partial charge in [-0.15, -0.1) is 0 Å². The van der Waals surface area contributed by atoms with Gasteiger partial charge in [0.25, 0.3) is 0 Å². The Labute approximate surface area is 386 Å². The van der Waals surface area contributed by atoms with Crippen LogP contribution in [0.3, 0.4) is 0 Å². The number of aromatic nitrogens is 3. The van der Waals surface area contributed by atoms with Gasteiger partial charge in [-0.2, -0.15) is 0 Å². The number of rotatable bonds is 7. The number of hydrogen-bond acceptors (Lipinski definition) is 2. The van der Waals surface area contributed by atoms with E-state index in [4.69, 9.17) is 9.97 Å². The highest BCUT2D eigenvalue weighted by Gasteiger charge is 2.53. The van der Waals surface area contributed by atoms with Crippen LogP contribution in [0.15, 0.2) is 225 Å². The van der Waals surface area contributed by atoms with Crippen molar-refractivity contribution in [2.75, 3.05) is 0 Å². The lowest BCUT2D eigenvalue weighted by molar-refractivity contribution is 0.563. The maximum Gasteiger partial charge on any atom is 0.160 e. The summed E-state index contributed by atoms with van der Waals surface area (Å²) in [6.07, 6.45) is 6.18. The highest BCUT2D eigenvalue weighted by atomic mass is 15.0. The second-order valence-corrected chi connectivity index (χ2v) is 18.2. The van der Waals surface area contributed by atoms with Crippen molar-refractivity contribution >= 4 is 33.0 Å². The van der Waals surface area contributed by atoms with Crippen LogP contribution in [0.4, 0.5) is 0 Å². The van der Waals surface area contributed by atoms with E-state index in [-0.39, 0.29) is 5.41 Å². The molecule has 0 atom stereocenters. The summed E-state index contributed by atoms with van der Waals surface area (Å²) in [6, 6.07) is 72.7. The molecule has 66 heavy (non-hydrogen) atoms. The van der Waals surface area contributed by atoms with Crippen LogP contribution in [0.5, 0.6) is 0 Å². The Balaban J connectivity index is 0.985. The van der Waals surface area contributed by atoms with Crippen molar-refractivity contribution in [1.82, 2.24) is 14.5 Å². The third-order valence-electron chi connectivity index (χ3n) is 14.2. The van der Waals surface area contributed by atoms with Crippen molar-refractivity contribution in [3.63, 3.8) is 0 Å². The summed E-state index contributed by atoms with van der Waals surface area (Å²) in [5, 5.41) is 2.48. The quantitative estimate of drug-likeness (QED) is 0.150. The van der Waals surface area contributed by atoms with Crippen molar-refractivity contribution in [1.29, 1.82) is 0 Å². The van der Waals surface area contributed by atoms with E-state index >= 15 is 0 Å². The number of benzene rings is 8. The first-order chi connectivity index (χ1) is 32.4. The first kappa shape index (κ1) is 39.5. The predicted octanol–water partition coefficient (Wildman–Crippen LogP) is 15.6. The average Bonchev–Trinajstić information content (AvgIpc) is 3.86. The van der Waals surface area contributed by atoms with Crippen molar-refractivity contribution in [3.05, 3.63) is 270 Å². The monoisotopic (exact) mass is 845 g/mol. The van der Waals surface area contributed by atoms with E-state index in [9.17, 15) is 0 Å². The van der Waals surface area contributed by atoms with Crippen LogP contribution in [-0.4, -0.2) is 14.5 Å². The minimum Gasteiger partial charge on any atom is -0.309 e. The van der Waals surface area contributed by atoms with Crippen LogP contribution in [-0.2, 0) is 10.8 Å². The van der Waals surface area contributed by atoms with Gasteiger partial charge < -0.3 is 4.57 Å². The first-order valence-corrected chi connectivity index (χ1v) is 22.9. The van der Waals surface area contributed by atoms with Gasteiger partial charge in [0, 0.05) is 38.6 Å². The number of fused-ring (bicyclic) bond motifs is 12. The van der Waals surface area contributed by atoms with Gasteiger partial charge in [-0.3, -0.25) is 0 Å². The van der Waals surface area contributed by atoms with Gasteiger partial charge in [-0.05, 0) is 117 Å². The largest absolute Gasteiger partial charge is 0.309 e. The van der Waals surface area contributed by atoms with Crippen LogP contribution in [0.2, 0.25) is 0 Å². The summed E-state index contributed by atoms with van der Waals surface area (Å²) in [4.78, 5) is 10.5. The lowest BCUT2D eigenvalue weighted by Crippen LogP contribution is -2.40. The lowest BCUT2D eigenvalue weighted by atomic mass is 9.55. The zero-order valence-corrected chi connectivity index (χ0v) is 37.3. The summed E-state index contributed by atoms with van der Waals surface area (Å²) in [5.41, 5.74) is 20.4. The summed E-state index contributed by atoms with van der Waals surface area (Å²) in [6.45, 7) is 11.1. The molecule has 0 bridgehead atoms. The number of nitrogens with zero attached hydrogens (tertiary/aromatic N) is 3. The summed E-state index contributed by atoms with van der Waals surface area (Å²) < 4.78 is 2.34. The van der Waals surface area contributed by atoms with Gasteiger partial charge in [-0.1, -0.05) is 184 Å². The summed E-state index contributed by atoms with van der Waals surface area (Å²) >= 11 is 0. The highest BCUT2D eigenvalue weighted by Crippen LogP contribution is 2.62. The molecule has 10 aromatic rings. The molecule has 3 nitrogen and oxygen atoms in total. The fourth-order valence-electron chi connectivity index (χ4n) is 11.2. The fourth-order valence-corrected chi connectivity index (χ4v) is 11.2. The number of allylic oxidation sites excluding steroid dienone is 5. The van der Waals surface area contributed by atoms with Crippen molar-refractivity contribution in [3.8, 4) is 39.5 Å². The van der Waals surface area contributed by atoms with Crippen molar-refractivity contribution < 1.29 is 0 Å². The molecular weight excluding hydrogens is 799 g/mol. The van der Waals surface area contributed by atoms with Crippen LogP contribution in [0.25, 0.3) is 72.4 Å². The molecule has 2 heterocycles. The summed E-state index contributed by atoms with van der Waals surface area (Å²) in [5.74, 6) is 0.663. The molecule has 0 radical (unpaired) electrons. The summed E-state index contributed by atoms with van der Waals surface area (Å²) in [7, 11) is 0. The normalized spacial score (nSPS) is 14.5. The van der Waals surface area contributed by atoms with E-state index in [1.54, 1.807) is 0 Å². The average molecular weight is 846 g/mol. The molecule has 0 saturated carbocycles. The zero-order chi connectivity index (χ0) is 44.6. The molecule has 1 spiro atoms. The molecule has 314 valence electrons. The molecule has 2 aliphatic carbocycles. The van der Waals surface area contributed by atoms with Crippen LogP contribution < -0.4 is 0 Å².